The molecule has 0 heterocycles. The number of ether oxygens (including phenoxy) is 1. The lowest BCUT2D eigenvalue weighted by atomic mass is 9.94. The van der Waals surface area contributed by atoms with Gasteiger partial charge in [0.15, 0.2) is 0 Å². The second-order valence-electron chi connectivity index (χ2n) is 6.13. The molecule has 1 aliphatic carbocycles. The zero-order chi connectivity index (χ0) is 13.8. The van der Waals surface area contributed by atoms with Gasteiger partial charge in [0.05, 0.1) is 0 Å². The fraction of sp³-hybridized carbons (Fsp3) is 0.929. The highest BCUT2D eigenvalue weighted by Gasteiger charge is 2.26. The molecule has 0 aromatic carbocycles. The minimum Gasteiger partial charge on any atom is -0.459 e. The minimum atomic E-state index is -0.399. The van der Waals surface area contributed by atoms with Crippen molar-refractivity contribution in [1.29, 1.82) is 0 Å². The Hall–Kier alpha value is -0.220. The zero-order valence-corrected chi connectivity index (χ0v) is 13.1. The summed E-state index contributed by atoms with van der Waals surface area (Å²) in [5.74, 6) is -0.144. The summed E-state index contributed by atoms with van der Waals surface area (Å²) in [5, 5.41) is 4.21. The van der Waals surface area contributed by atoms with Gasteiger partial charge in [-0.2, -0.15) is 11.8 Å². The van der Waals surface area contributed by atoms with Crippen molar-refractivity contribution in [2.45, 2.75) is 76.3 Å². The molecule has 0 spiro atoms. The highest BCUT2D eigenvalue weighted by atomic mass is 32.2. The molecule has 0 radical (unpaired) electrons. The molecule has 1 fully saturated rings. The van der Waals surface area contributed by atoms with Crippen molar-refractivity contribution in [1.82, 2.24) is 5.32 Å². The van der Waals surface area contributed by atoms with Crippen molar-refractivity contribution in [3.63, 3.8) is 0 Å². The Kier molecular flexibility index (Phi) is 5.99. The van der Waals surface area contributed by atoms with Crippen molar-refractivity contribution in [3.05, 3.63) is 0 Å². The van der Waals surface area contributed by atoms with Crippen LogP contribution in [0.15, 0.2) is 0 Å². The highest BCUT2D eigenvalue weighted by Crippen LogP contribution is 2.27. The molecule has 0 aliphatic heterocycles. The smallest absolute Gasteiger partial charge is 0.323 e. The molecule has 0 bridgehead atoms. The molecule has 1 rings (SSSR count). The highest BCUT2D eigenvalue weighted by molar-refractivity contribution is 7.99. The van der Waals surface area contributed by atoms with Gasteiger partial charge in [0.2, 0.25) is 0 Å². The Labute approximate surface area is 115 Å². The van der Waals surface area contributed by atoms with Crippen LogP contribution in [0.25, 0.3) is 0 Å². The van der Waals surface area contributed by atoms with E-state index in [9.17, 15) is 4.79 Å². The number of nitrogens with one attached hydrogen (secondary N) is 1. The number of carbonyl (C=O) groups is 1. The van der Waals surface area contributed by atoms with Gasteiger partial charge in [-0.1, -0.05) is 0 Å². The summed E-state index contributed by atoms with van der Waals surface area (Å²) in [4.78, 5) is 11.9. The summed E-state index contributed by atoms with van der Waals surface area (Å²) in [6, 6.07) is 0.260. The predicted molar refractivity (Wildman–Crippen MR) is 78.0 cm³/mol. The molecule has 0 aromatic heterocycles. The van der Waals surface area contributed by atoms with Crippen LogP contribution in [0.2, 0.25) is 0 Å². The Balaban J connectivity index is 2.32. The molecule has 1 saturated carbocycles. The third-order valence-electron chi connectivity index (χ3n) is 3.25. The van der Waals surface area contributed by atoms with Gasteiger partial charge >= 0.3 is 5.97 Å². The van der Waals surface area contributed by atoms with Gasteiger partial charge in [0.1, 0.15) is 11.6 Å². The second kappa shape index (κ2) is 6.80. The van der Waals surface area contributed by atoms with Crippen LogP contribution in [-0.4, -0.2) is 35.2 Å². The summed E-state index contributed by atoms with van der Waals surface area (Å²) in [6.07, 6.45) is 7.01. The van der Waals surface area contributed by atoms with Crippen LogP contribution in [0.4, 0.5) is 0 Å². The lowest BCUT2D eigenvalue weighted by Gasteiger charge is -2.30. The van der Waals surface area contributed by atoms with Crippen molar-refractivity contribution in [3.8, 4) is 0 Å². The van der Waals surface area contributed by atoms with E-state index in [-0.39, 0.29) is 12.0 Å². The lowest BCUT2D eigenvalue weighted by Crippen LogP contribution is -2.45. The van der Waals surface area contributed by atoms with E-state index >= 15 is 0 Å². The van der Waals surface area contributed by atoms with E-state index in [0.717, 1.165) is 5.25 Å². The molecular formula is C14H27NO2S. The first-order valence-corrected chi connectivity index (χ1v) is 8.12. The van der Waals surface area contributed by atoms with E-state index in [1.54, 1.807) is 0 Å². The molecule has 4 heteroatoms. The second-order valence-corrected chi connectivity index (χ2v) is 7.27. The first kappa shape index (κ1) is 15.8. The van der Waals surface area contributed by atoms with Gasteiger partial charge in [-0.3, -0.25) is 4.79 Å². The summed E-state index contributed by atoms with van der Waals surface area (Å²) in [6.45, 7) is 7.61. The molecule has 1 atom stereocenters. The van der Waals surface area contributed by atoms with Crippen LogP contribution >= 0.6 is 11.8 Å². The Bertz CT molecular complexity index is 267. The molecule has 106 valence electrons. The number of hydrogen-bond acceptors (Lipinski definition) is 4. The Morgan fingerprint density at radius 1 is 1.28 bits per heavy atom. The van der Waals surface area contributed by atoms with Gasteiger partial charge in [-0.15, -0.1) is 0 Å². The standard InChI is InChI=1S/C14H27NO2S/c1-10(13(16)17-14(2,3)4)15-11-6-8-12(18-5)9-7-11/h10-12,15H,6-9H2,1-5H3. The fourth-order valence-electron chi connectivity index (χ4n) is 2.28. The average molecular weight is 273 g/mol. The fourth-order valence-corrected chi connectivity index (χ4v) is 3.02. The van der Waals surface area contributed by atoms with Gasteiger partial charge < -0.3 is 10.1 Å². The number of rotatable bonds is 4. The molecule has 0 aromatic rings. The first-order valence-electron chi connectivity index (χ1n) is 6.83. The maximum absolute atomic E-state index is 11.9. The van der Waals surface area contributed by atoms with E-state index in [2.05, 4.69) is 11.6 Å². The molecule has 1 N–H and O–H groups in total. The van der Waals surface area contributed by atoms with Crippen LogP contribution in [0.3, 0.4) is 0 Å². The maximum Gasteiger partial charge on any atom is 0.323 e. The molecular weight excluding hydrogens is 246 g/mol. The van der Waals surface area contributed by atoms with Crippen LogP contribution < -0.4 is 5.32 Å². The van der Waals surface area contributed by atoms with Crippen molar-refractivity contribution in [2.75, 3.05) is 6.26 Å². The molecule has 3 nitrogen and oxygen atoms in total. The molecule has 0 saturated heterocycles. The third-order valence-corrected chi connectivity index (χ3v) is 4.39. The predicted octanol–water partition coefficient (Wildman–Crippen LogP) is 2.98. The number of esters is 1. The van der Waals surface area contributed by atoms with Crippen molar-refractivity contribution < 1.29 is 9.53 Å². The Morgan fingerprint density at radius 2 is 1.83 bits per heavy atom. The summed E-state index contributed by atoms with van der Waals surface area (Å²) < 4.78 is 5.38. The Morgan fingerprint density at radius 3 is 2.28 bits per heavy atom. The maximum atomic E-state index is 11.9. The minimum absolute atomic E-state index is 0.144. The zero-order valence-electron chi connectivity index (χ0n) is 12.3. The monoisotopic (exact) mass is 273 g/mol. The molecule has 1 unspecified atom stereocenters. The molecule has 1 aliphatic rings. The van der Waals surface area contributed by atoms with Crippen LogP contribution in [-0.2, 0) is 9.53 Å². The quantitative estimate of drug-likeness (QED) is 0.799. The normalized spacial score (nSPS) is 26.7. The topological polar surface area (TPSA) is 38.3 Å². The van der Waals surface area contributed by atoms with E-state index in [1.807, 2.05) is 39.5 Å². The van der Waals surface area contributed by atoms with Crippen molar-refractivity contribution >= 4 is 17.7 Å². The van der Waals surface area contributed by atoms with Crippen LogP contribution in [0.1, 0.15) is 53.4 Å². The largest absolute Gasteiger partial charge is 0.459 e. The molecule has 18 heavy (non-hydrogen) atoms. The van der Waals surface area contributed by atoms with Gasteiger partial charge in [0, 0.05) is 11.3 Å². The lowest BCUT2D eigenvalue weighted by molar-refractivity contribution is -0.157. The summed E-state index contributed by atoms with van der Waals surface area (Å²) in [7, 11) is 0. The van der Waals surface area contributed by atoms with E-state index in [1.165, 1.54) is 25.7 Å². The number of thioether (sulfide) groups is 1. The van der Waals surface area contributed by atoms with Gasteiger partial charge in [-0.05, 0) is 59.6 Å². The number of hydrogen-bond donors (Lipinski definition) is 1. The molecule has 0 amide bonds. The average Bonchev–Trinajstić information content (AvgIpc) is 2.27. The number of carbonyl (C=O) groups excluding carboxylic acids is 1. The van der Waals surface area contributed by atoms with E-state index in [4.69, 9.17) is 4.74 Å². The van der Waals surface area contributed by atoms with E-state index in [0.29, 0.717) is 6.04 Å². The third kappa shape index (κ3) is 5.61. The van der Waals surface area contributed by atoms with Crippen LogP contribution in [0.5, 0.6) is 0 Å². The SMILES string of the molecule is CSC1CCC(NC(C)C(=O)OC(C)(C)C)CC1. The summed E-state index contributed by atoms with van der Waals surface area (Å²) >= 11 is 1.96. The van der Waals surface area contributed by atoms with E-state index < -0.39 is 5.60 Å². The van der Waals surface area contributed by atoms with Gasteiger partial charge in [0.25, 0.3) is 0 Å². The van der Waals surface area contributed by atoms with Crippen LogP contribution in [0, 0.1) is 0 Å². The van der Waals surface area contributed by atoms with Crippen molar-refractivity contribution in [2.24, 2.45) is 0 Å². The summed E-state index contributed by atoms with van der Waals surface area (Å²) in [5.41, 5.74) is -0.399. The van der Waals surface area contributed by atoms with Gasteiger partial charge in [-0.25, -0.2) is 0 Å². The first-order chi connectivity index (χ1) is 8.31.